The SMILES string of the molecule is Cn1cc(COc2cc(F)ccc2C#CCO)cn1. The van der Waals surface area contributed by atoms with Crippen molar-refractivity contribution in [2.75, 3.05) is 6.61 Å². The number of ether oxygens (including phenoxy) is 1. The van der Waals surface area contributed by atoms with Crippen molar-refractivity contribution in [3.63, 3.8) is 0 Å². The van der Waals surface area contributed by atoms with Crippen LogP contribution in [0.1, 0.15) is 11.1 Å². The minimum absolute atomic E-state index is 0.251. The topological polar surface area (TPSA) is 47.3 Å². The van der Waals surface area contributed by atoms with Crippen LogP contribution < -0.4 is 4.74 Å². The molecular formula is C14H13FN2O2. The molecular weight excluding hydrogens is 247 g/mol. The summed E-state index contributed by atoms with van der Waals surface area (Å²) in [4.78, 5) is 0. The largest absolute Gasteiger partial charge is 0.487 e. The minimum Gasteiger partial charge on any atom is -0.487 e. The second-order valence-electron chi connectivity index (χ2n) is 3.91. The van der Waals surface area contributed by atoms with Gasteiger partial charge in [-0.1, -0.05) is 11.8 Å². The number of nitrogens with zero attached hydrogens (tertiary/aromatic N) is 2. The Morgan fingerprint density at radius 2 is 2.32 bits per heavy atom. The maximum atomic E-state index is 13.2. The first-order chi connectivity index (χ1) is 9.19. The molecule has 0 fully saturated rings. The molecule has 2 rings (SSSR count). The van der Waals surface area contributed by atoms with Crippen LogP contribution in [0.2, 0.25) is 0 Å². The summed E-state index contributed by atoms with van der Waals surface area (Å²) in [6.45, 7) is 0.0323. The fourth-order valence-electron chi connectivity index (χ4n) is 1.56. The van der Waals surface area contributed by atoms with Crippen LogP contribution in [0, 0.1) is 17.7 Å². The average molecular weight is 260 g/mol. The van der Waals surface area contributed by atoms with Gasteiger partial charge in [-0.3, -0.25) is 4.68 Å². The second-order valence-corrected chi connectivity index (χ2v) is 3.91. The molecule has 1 aromatic carbocycles. The zero-order valence-corrected chi connectivity index (χ0v) is 10.4. The third-order valence-electron chi connectivity index (χ3n) is 2.40. The van der Waals surface area contributed by atoms with Crippen molar-refractivity contribution in [2.24, 2.45) is 7.05 Å². The Kier molecular flexibility index (Phi) is 4.16. The molecule has 0 bridgehead atoms. The van der Waals surface area contributed by atoms with E-state index < -0.39 is 5.82 Å². The van der Waals surface area contributed by atoms with E-state index in [1.165, 1.54) is 18.2 Å². The number of halogens is 1. The summed E-state index contributed by atoms with van der Waals surface area (Å²) in [5.41, 5.74) is 1.42. The standard InChI is InChI=1S/C14H13FN2O2/c1-17-9-11(8-16-17)10-19-14-7-13(15)5-4-12(14)3-2-6-18/h4-5,7-9,18H,6,10H2,1H3. The van der Waals surface area contributed by atoms with Crippen molar-refractivity contribution in [3.05, 3.63) is 47.5 Å². The van der Waals surface area contributed by atoms with Crippen LogP contribution in [0.25, 0.3) is 0 Å². The Bertz CT molecular complexity index is 626. The number of aromatic nitrogens is 2. The predicted molar refractivity (Wildman–Crippen MR) is 67.9 cm³/mol. The van der Waals surface area contributed by atoms with Gasteiger partial charge in [-0.2, -0.15) is 5.10 Å². The molecule has 0 saturated carbocycles. The first kappa shape index (κ1) is 13.1. The first-order valence-corrected chi connectivity index (χ1v) is 5.68. The lowest BCUT2D eigenvalue weighted by atomic mass is 10.2. The molecule has 0 unspecified atom stereocenters. The van der Waals surface area contributed by atoms with E-state index in [-0.39, 0.29) is 13.2 Å². The van der Waals surface area contributed by atoms with E-state index in [2.05, 4.69) is 16.9 Å². The van der Waals surface area contributed by atoms with Crippen LogP contribution in [-0.2, 0) is 13.7 Å². The van der Waals surface area contributed by atoms with Crippen molar-refractivity contribution in [1.82, 2.24) is 9.78 Å². The van der Waals surface area contributed by atoms with Gasteiger partial charge in [0.05, 0.1) is 11.8 Å². The molecule has 0 atom stereocenters. The molecule has 1 heterocycles. The van der Waals surface area contributed by atoms with E-state index in [1.54, 1.807) is 10.9 Å². The van der Waals surface area contributed by atoms with E-state index in [9.17, 15) is 4.39 Å². The van der Waals surface area contributed by atoms with E-state index in [0.717, 1.165) is 5.56 Å². The molecule has 19 heavy (non-hydrogen) atoms. The van der Waals surface area contributed by atoms with Crippen molar-refractivity contribution in [3.8, 4) is 17.6 Å². The van der Waals surface area contributed by atoms with Crippen LogP contribution in [0.3, 0.4) is 0 Å². The molecule has 0 radical (unpaired) electrons. The Hall–Kier alpha value is -2.32. The minimum atomic E-state index is -0.393. The smallest absolute Gasteiger partial charge is 0.138 e. The Morgan fingerprint density at radius 1 is 1.47 bits per heavy atom. The number of hydrogen-bond acceptors (Lipinski definition) is 3. The van der Waals surface area contributed by atoms with Crippen LogP contribution in [0.15, 0.2) is 30.6 Å². The summed E-state index contributed by atoms with van der Waals surface area (Å²) in [5, 5.41) is 12.7. The van der Waals surface area contributed by atoms with E-state index in [0.29, 0.717) is 11.3 Å². The maximum absolute atomic E-state index is 13.2. The third-order valence-corrected chi connectivity index (χ3v) is 2.40. The molecule has 2 aromatic rings. The lowest BCUT2D eigenvalue weighted by Crippen LogP contribution is -1.97. The van der Waals surface area contributed by atoms with Gasteiger partial charge in [0.2, 0.25) is 0 Å². The molecule has 0 spiro atoms. The van der Waals surface area contributed by atoms with E-state index in [1.807, 2.05) is 13.2 Å². The average Bonchev–Trinajstić information content (AvgIpc) is 2.81. The van der Waals surface area contributed by atoms with Crippen molar-refractivity contribution >= 4 is 0 Å². The molecule has 0 saturated heterocycles. The van der Waals surface area contributed by atoms with Crippen molar-refractivity contribution < 1.29 is 14.2 Å². The van der Waals surface area contributed by atoms with Crippen molar-refractivity contribution in [2.45, 2.75) is 6.61 Å². The maximum Gasteiger partial charge on any atom is 0.138 e. The fraction of sp³-hybridized carbons (Fsp3) is 0.214. The summed E-state index contributed by atoms with van der Waals surface area (Å²) in [6, 6.07) is 4.10. The Morgan fingerprint density at radius 3 is 3.00 bits per heavy atom. The van der Waals surface area contributed by atoms with E-state index >= 15 is 0 Å². The van der Waals surface area contributed by atoms with Gasteiger partial charge in [0.1, 0.15) is 24.8 Å². The number of aryl methyl sites for hydroxylation is 1. The molecule has 1 N–H and O–H groups in total. The van der Waals surface area contributed by atoms with Crippen LogP contribution in [0.4, 0.5) is 4.39 Å². The van der Waals surface area contributed by atoms with Gasteiger partial charge in [-0.15, -0.1) is 0 Å². The monoisotopic (exact) mass is 260 g/mol. The summed E-state index contributed by atoms with van der Waals surface area (Å²) >= 11 is 0. The van der Waals surface area contributed by atoms with Gasteiger partial charge in [0, 0.05) is 24.9 Å². The highest BCUT2D eigenvalue weighted by Gasteiger charge is 2.05. The molecule has 0 aliphatic rings. The lowest BCUT2D eigenvalue weighted by molar-refractivity contribution is 0.303. The molecule has 0 aliphatic carbocycles. The predicted octanol–water partition coefficient (Wildman–Crippen LogP) is 1.48. The number of benzene rings is 1. The zero-order chi connectivity index (χ0) is 13.7. The molecule has 0 amide bonds. The Balaban J connectivity index is 2.16. The number of hydrogen-bond donors (Lipinski definition) is 1. The normalized spacial score (nSPS) is 9.84. The van der Waals surface area contributed by atoms with E-state index in [4.69, 9.17) is 9.84 Å². The van der Waals surface area contributed by atoms with Crippen LogP contribution in [-0.4, -0.2) is 21.5 Å². The second kappa shape index (κ2) is 6.03. The number of rotatable bonds is 3. The molecule has 5 heteroatoms. The highest BCUT2D eigenvalue weighted by Crippen LogP contribution is 2.20. The fourth-order valence-corrected chi connectivity index (χ4v) is 1.56. The molecule has 1 aromatic heterocycles. The highest BCUT2D eigenvalue weighted by molar-refractivity contribution is 5.46. The molecule has 4 nitrogen and oxygen atoms in total. The summed E-state index contributed by atoms with van der Waals surface area (Å²) in [6.07, 6.45) is 3.50. The van der Waals surface area contributed by atoms with Gasteiger partial charge >= 0.3 is 0 Å². The van der Waals surface area contributed by atoms with Crippen molar-refractivity contribution in [1.29, 1.82) is 0 Å². The lowest BCUT2D eigenvalue weighted by Gasteiger charge is -2.07. The van der Waals surface area contributed by atoms with Gasteiger partial charge < -0.3 is 9.84 Å². The third kappa shape index (κ3) is 3.57. The zero-order valence-electron chi connectivity index (χ0n) is 10.4. The van der Waals surface area contributed by atoms with Gasteiger partial charge in [-0.05, 0) is 12.1 Å². The van der Waals surface area contributed by atoms with Gasteiger partial charge in [-0.25, -0.2) is 4.39 Å². The Labute approximate surface area is 110 Å². The van der Waals surface area contributed by atoms with Crippen LogP contribution in [0.5, 0.6) is 5.75 Å². The molecule has 0 aliphatic heterocycles. The summed E-state index contributed by atoms with van der Waals surface area (Å²) in [5.74, 6) is 5.19. The summed E-state index contributed by atoms with van der Waals surface area (Å²) < 4.78 is 20.4. The van der Waals surface area contributed by atoms with Gasteiger partial charge in [0.25, 0.3) is 0 Å². The first-order valence-electron chi connectivity index (χ1n) is 5.68. The number of aliphatic hydroxyl groups is 1. The quantitative estimate of drug-likeness (QED) is 0.850. The number of aliphatic hydroxyl groups excluding tert-OH is 1. The van der Waals surface area contributed by atoms with Crippen LogP contribution >= 0.6 is 0 Å². The highest BCUT2D eigenvalue weighted by atomic mass is 19.1. The molecule has 98 valence electrons. The summed E-state index contributed by atoms with van der Waals surface area (Å²) in [7, 11) is 1.81. The van der Waals surface area contributed by atoms with Gasteiger partial charge in [0.15, 0.2) is 0 Å².